The van der Waals surface area contributed by atoms with Gasteiger partial charge >= 0.3 is 6.18 Å². The second-order valence-electron chi connectivity index (χ2n) is 5.11. The maximum Gasteiger partial charge on any atom is 0.451 e. The van der Waals surface area contributed by atoms with E-state index in [0.717, 1.165) is 5.56 Å². The zero-order chi connectivity index (χ0) is 15.7. The third-order valence-electron chi connectivity index (χ3n) is 3.46. The van der Waals surface area contributed by atoms with E-state index in [-0.39, 0.29) is 0 Å². The van der Waals surface area contributed by atoms with Crippen molar-refractivity contribution >= 4 is 0 Å². The smallest absolute Gasteiger partial charge is 0.294 e. The number of halogens is 4. The summed E-state index contributed by atoms with van der Waals surface area (Å²) < 4.78 is 50.5. The van der Waals surface area contributed by atoms with Gasteiger partial charge in [-0.1, -0.05) is 6.07 Å². The van der Waals surface area contributed by atoms with Crippen LogP contribution in [0, 0.1) is 5.95 Å². The Hall–Kier alpha value is -2.09. The number of rotatable bonds is 2. The summed E-state index contributed by atoms with van der Waals surface area (Å²) in [6.07, 6.45) is -1.41. The first kappa shape index (κ1) is 14.8. The van der Waals surface area contributed by atoms with Gasteiger partial charge in [0.2, 0.25) is 11.8 Å². The summed E-state index contributed by atoms with van der Waals surface area (Å²) in [5.74, 6) is -1.64. The van der Waals surface area contributed by atoms with Crippen molar-refractivity contribution in [2.24, 2.45) is 0 Å². The summed E-state index contributed by atoms with van der Waals surface area (Å²) in [6, 6.07) is 2.92. The lowest BCUT2D eigenvalue weighted by atomic mass is 10.1. The van der Waals surface area contributed by atoms with Crippen LogP contribution in [0.2, 0.25) is 0 Å². The fraction of sp³-hybridized carbons (Fsp3) is 0.357. The van der Waals surface area contributed by atoms with Crippen LogP contribution >= 0.6 is 0 Å². The Kier molecular flexibility index (Phi) is 3.78. The van der Waals surface area contributed by atoms with Gasteiger partial charge in [-0.05, 0) is 11.6 Å². The molecule has 0 saturated heterocycles. The summed E-state index contributed by atoms with van der Waals surface area (Å²) in [7, 11) is 0. The van der Waals surface area contributed by atoms with Crippen LogP contribution in [0.15, 0.2) is 24.5 Å². The van der Waals surface area contributed by atoms with Crippen molar-refractivity contribution in [3.05, 3.63) is 53.1 Å². The van der Waals surface area contributed by atoms with Crippen molar-refractivity contribution in [1.29, 1.82) is 0 Å². The molecule has 0 bridgehead atoms. The van der Waals surface area contributed by atoms with Crippen molar-refractivity contribution in [3.8, 4) is 0 Å². The highest BCUT2D eigenvalue weighted by Gasteiger charge is 2.35. The van der Waals surface area contributed by atoms with Gasteiger partial charge in [0.15, 0.2) is 0 Å². The van der Waals surface area contributed by atoms with E-state index in [9.17, 15) is 17.6 Å². The van der Waals surface area contributed by atoms with Crippen molar-refractivity contribution in [3.63, 3.8) is 0 Å². The average molecular weight is 312 g/mol. The normalized spacial score (nSPS) is 15.6. The summed E-state index contributed by atoms with van der Waals surface area (Å²) in [5.41, 5.74) is 1.97. The van der Waals surface area contributed by atoms with Gasteiger partial charge in [0.05, 0.1) is 5.69 Å². The lowest BCUT2D eigenvalue weighted by Crippen LogP contribution is -2.31. The van der Waals surface area contributed by atoms with Crippen LogP contribution in [0.4, 0.5) is 17.6 Å². The van der Waals surface area contributed by atoms with E-state index < -0.39 is 17.9 Å². The molecule has 8 heteroatoms. The Bertz CT molecular complexity index is 670. The van der Waals surface area contributed by atoms with Crippen LogP contribution < -0.4 is 0 Å². The van der Waals surface area contributed by atoms with E-state index in [1.807, 2.05) is 4.90 Å². The molecular weight excluding hydrogens is 300 g/mol. The topological polar surface area (TPSA) is 41.9 Å². The molecule has 0 unspecified atom stereocenters. The SMILES string of the molecule is Fc1ccc(CN2CCc3nc(C(F)(F)F)ncc3C2)cn1. The molecule has 0 spiro atoms. The minimum atomic E-state index is -4.52. The summed E-state index contributed by atoms with van der Waals surface area (Å²) in [4.78, 5) is 12.6. The predicted molar refractivity (Wildman–Crippen MR) is 69.0 cm³/mol. The van der Waals surface area contributed by atoms with Gasteiger partial charge < -0.3 is 0 Å². The monoisotopic (exact) mass is 312 g/mol. The summed E-state index contributed by atoms with van der Waals surface area (Å²) in [5, 5.41) is 0. The number of hydrogen-bond acceptors (Lipinski definition) is 4. The van der Waals surface area contributed by atoms with E-state index in [0.29, 0.717) is 37.3 Å². The molecule has 4 nitrogen and oxygen atoms in total. The lowest BCUT2D eigenvalue weighted by molar-refractivity contribution is -0.145. The van der Waals surface area contributed by atoms with Gasteiger partial charge in [-0.3, -0.25) is 4.90 Å². The summed E-state index contributed by atoms with van der Waals surface area (Å²) >= 11 is 0. The number of fused-ring (bicyclic) bond motifs is 1. The van der Waals surface area contributed by atoms with E-state index in [4.69, 9.17) is 0 Å². The van der Waals surface area contributed by atoms with Gasteiger partial charge in [0.25, 0.3) is 0 Å². The third kappa shape index (κ3) is 3.22. The fourth-order valence-electron chi connectivity index (χ4n) is 2.40. The molecule has 0 aliphatic carbocycles. The van der Waals surface area contributed by atoms with E-state index in [1.54, 1.807) is 6.07 Å². The highest BCUT2D eigenvalue weighted by Crippen LogP contribution is 2.27. The van der Waals surface area contributed by atoms with Gasteiger partial charge in [-0.25, -0.2) is 15.0 Å². The second kappa shape index (κ2) is 5.60. The van der Waals surface area contributed by atoms with Gasteiger partial charge in [-0.2, -0.15) is 17.6 Å². The number of pyridine rings is 1. The number of hydrogen-bond donors (Lipinski definition) is 0. The molecule has 0 amide bonds. The second-order valence-corrected chi connectivity index (χ2v) is 5.11. The molecule has 1 aliphatic heterocycles. The van der Waals surface area contributed by atoms with Crippen LogP contribution in [0.3, 0.4) is 0 Å². The van der Waals surface area contributed by atoms with Gasteiger partial charge in [0, 0.05) is 44.0 Å². The van der Waals surface area contributed by atoms with E-state index in [2.05, 4.69) is 15.0 Å². The van der Waals surface area contributed by atoms with Gasteiger partial charge in [-0.15, -0.1) is 0 Å². The Morgan fingerprint density at radius 1 is 1.14 bits per heavy atom. The van der Waals surface area contributed by atoms with Crippen molar-refractivity contribution in [1.82, 2.24) is 19.9 Å². The fourth-order valence-corrected chi connectivity index (χ4v) is 2.40. The largest absolute Gasteiger partial charge is 0.451 e. The molecule has 1 aliphatic rings. The van der Waals surface area contributed by atoms with Crippen LogP contribution in [-0.4, -0.2) is 26.4 Å². The molecule has 22 heavy (non-hydrogen) atoms. The zero-order valence-corrected chi connectivity index (χ0v) is 11.4. The molecule has 0 N–H and O–H groups in total. The molecule has 0 aromatic carbocycles. The first-order chi connectivity index (χ1) is 10.4. The first-order valence-electron chi connectivity index (χ1n) is 6.66. The molecular formula is C14H12F4N4. The molecule has 0 saturated carbocycles. The molecule has 3 rings (SSSR count). The van der Waals surface area contributed by atoms with Crippen molar-refractivity contribution in [2.45, 2.75) is 25.7 Å². The molecule has 0 atom stereocenters. The number of alkyl halides is 3. The minimum Gasteiger partial charge on any atom is -0.294 e. The molecule has 0 fully saturated rings. The van der Waals surface area contributed by atoms with Crippen LogP contribution in [0.1, 0.15) is 22.6 Å². The third-order valence-corrected chi connectivity index (χ3v) is 3.46. The summed E-state index contributed by atoms with van der Waals surface area (Å²) in [6.45, 7) is 1.59. The average Bonchev–Trinajstić information content (AvgIpc) is 2.48. The molecule has 2 aromatic rings. The standard InChI is InChI=1S/C14H12F4N4/c15-12-2-1-9(5-19-12)7-22-4-3-11-10(8-22)6-20-13(21-11)14(16,17)18/h1-2,5-6H,3-4,7-8H2. The van der Waals surface area contributed by atoms with Crippen LogP contribution in [0.5, 0.6) is 0 Å². The predicted octanol–water partition coefficient (Wildman–Crippen LogP) is 2.59. The Morgan fingerprint density at radius 2 is 1.95 bits per heavy atom. The highest BCUT2D eigenvalue weighted by atomic mass is 19.4. The zero-order valence-electron chi connectivity index (χ0n) is 11.4. The lowest BCUT2D eigenvalue weighted by Gasteiger charge is -2.28. The molecule has 3 heterocycles. The van der Waals surface area contributed by atoms with Crippen LogP contribution in [0.25, 0.3) is 0 Å². The highest BCUT2D eigenvalue weighted by molar-refractivity contribution is 5.22. The Labute approximate surface area is 123 Å². The number of aromatic nitrogens is 3. The Balaban J connectivity index is 1.73. The molecule has 0 radical (unpaired) electrons. The molecule has 116 valence electrons. The maximum atomic E-state index is 12.8. The quantitative estimate of drug-likeness (QED) is 0.631. The van der Waals surface area contributed by atoms with Crippen molar-refractivity contribution in [2.75, 3.05) is 6.54 Å². The minimum absolute atomic E-state index is 0.426. The van der Waals surface area contributed by atoms with E-state index >= 15 is 0 Å². The van der Waals surface area contributed by atoms with Gasteiger partial charge in [0.1, 0.15) is 0 Å². The van der Waals surface area contributed by atoms with Crippen molar-refractivity contribution < 1.29 is 17.6 Å². The maximum absolute atomic E-state index is 12.8. The number of nitrogens with zero attached hydrogens (tertiary/aromatic N) is 4. The van der Waals surface area contributed by atoms with Crippen LogP contribution in [-0.2, 0) is 25.7 Å². The van der Waals surface area contributed by atoms with E-state index in [1.165, 1.54) is 18.5 Å². The Morgan fingerprint density at radius 3 is 2.64 bits per heavy atom. The molecule has 2 aromatic heterocycles. The first-order valence-corrected chi connectivity index (χ1v) is 6.66.